The molecule has 126 valence electrons. The molecule has 2 aromatic rings. The number of imidazole rings is 1. The SMILES string of the molecule is CN1CCN(S(=O)(=O)c2cccc(C#N)c2)C[C@@H]1c1nccn1C. The summed E-state index contributed by atoms with van der Waals surface area (Å²) in [6.07, 6.45) is 3.57. The smallest absolute Gasteiger partial charge is 0.243 e. The summed E-state index contributed by atoms with van der Waals surface area (Å²) < 4.78 is 29.3. The maximum Gasteiger partial charge on any atom is 0.243 e. The molecule has 1 aromatic heterocycles. The van der Waals surface area contributed by atoms with Gasteiger partial charge in [-0.1, -0.05) is 6.07 Å². The second-order valence-electron chi connectivity index (χ2n) is 5.90. The van der Waals surface area contributed by atoms with E-state index >= 15 is 0 Å². The first-order valence-corrected chi connectivity index (χ1v) is 9.05. The average molecular weight is 345 g/mol. The normalized spacial score (nSPS) is 20.0. The van der Waals surface area contributed by atoms with Gasteiger partial charge in [0.05, 0.1) is 22.6 Å². The molecule has 7 nitrogen and oxygen atoms in total. The van der Waals surface area contributed by atoms with Crippen LogP contribution in [0.3, 0.4) is 0 Å². The minimum atomic E-state index is -3.64. The van der Waals surface area contributed by atoms with Gasteiger partial charge in [-0.15, -0.1) is 0 Å². The van der Waals surface area contributed by atoms with E-state index in [1.54, 1.807) is 18.3 Å². The van der Waals surface area contributed by atoms with Gasteiger partial charge in [0.25, 0.3) is 0 Å². The Labute approximate surface area is 141 Å². The molecule has 1 saturated heterocycles. The van der Waals surface area contributed by atoms with Crippen LogP contribution in [-0.4, -0.2) is 53.9 Å². The van der Waals surface area contributed by atoms with E-state index in [1.165, 1.54) is 16.4 Å². The molecular formula is C16H19N5O2S. The zero-order valence-corrected chi connectivity index (χ0v) is 14.4. The zero-order chi connectivity index (χ0) is 17.3. The molecule has 3 rings (SSSR count). The predicted molar refractivity (Wildman–Crippen MR) is 88.5 cm³/mol. The zero-order valence-electron chi connectivity index (χ0n) is 13.6. The summed E-state index contributed by atoms with van der Waals surface area (Å²) >= 11 is 0. The van der Waals surface area contributed by atoms with Gasteiger partial charge in [0.2, 0.25) is 10.0 Å². The maximum atomic E-state index is 12.9. The summed E-state index contributed by atoms with van der Waals surface area (Å²) in [7, 11) is 0.238. The van der Waals surface area contributed by atoms with Crippen molar-refractivity contribution < 1.29 is 8.42 Å². The summed E-state index contributed by atoms with van der Waals surface area (Å²) in [6, 6.07) is 8.02. The molecule has 0 spiro atoms. The van der Waals surface area contributed by atoms with Gasteiger partial charge in [0.15, 0.2) is 0 Å². The monoisotopic (exact) mass is 345 g/mol. The lowest BCUT2D eigenvalue weighted by atomic mass is 10.2. The van der Waals surface area contributed by atoms with Crippen LogP contribution in [0.1, 0.15) is 17.4 Å². The molecular weight excluding hydrogens is 326 g/mol. The van der Waals surface area contributed by atoms with Gasteiger partial charge in [-0.25, -0.2) is 13.4 Å². The number of likely N-dealkylation sites (N-methyl/N-ethyl adjacent to an activating group) is 1. The Morgan fingerprint density at radius 2 is 2.08 bits per heavy atom. The molecule has 0 N–H and O–H groups in total. The van der Waals surface area contributed by atoms with Crippen molar-refractivity contribution in [2.75, 3.05) is 26.7 Å². The van der Waals surface area contributed by atoms with Crippen LogP contribution >= 0.6 is 0 Å². The van der Waals surface area contributed by atoms with Gasteiger partial charge < -0.3 is 4.57 Å². The van der Waals surface area contributed by atoms with Crippen molar-refractivity contribution in [2.45, 2.75) is 10.9 Å². The molecule has 0 amide bonds. The van der Waals surface area contributed by atoms with E-state index < -0.39 is 10.0 Å². The Kier molecular flexibility index (Phi) is 4.41. The highest BCUT2D eigenvalue weighted by atomic mass is 32.2. The number of hydrogen-bond acceptors (Lipinski definition) is 5. The van der Waals surface area contributed by atoms with Crippen molar-refractivity contribution in [3.8, 4) is 6.07 Å². The molecule has 0 bridgehead atoms. The van der Waals surface area contributed by atoms with E-state index in [2.05, 4.69) is 9.88 Å². The van der Waals surface area contributed by atoms with Gasteiger partial charge >= 0.3 is 0 Å². The highest BCUT2D eigenvalue weighted by Gasteiger charge is 2.35. The number of nitrogens with zero attached hydrogens (tertiary/aromatic N) is 5. The second kappa shape index (κ2) is 6.36. The van der Waals surface area contributed by atoms with Crippen LogP contribution in [0.15, 0.2) is 41.6 Å². The number of aryl methyl sites for hydroxylation is 1. The summed E-state index contributed by atoms with van der Waals surface area (Å²) in [5.74, 6) is 0.836. The summed E-state index contributed by atoms with van der Waals surface area (Å²) in [5.41, 5.74) is 0.339. The molecule has 0 unspecified atom stereocenters. The van der Waals surface area contributed by atoms with E-state index in [0.717, 1.165) is 5.82 Å². The third-order valence-corrected chi connectivity index (χ3v) is 6.23. The number of aromatic nitrogens is 2. The molecule has 1 aliphatic rings. The first-order valence-electron chi connectivity index (χ1n) is 7.61. The first-order chi connectivity index (χ1) is 11.4. The maximum absolute atomic E-state index is 12.9. The van der Waals surface area contributed by atoms with Crippen molar-refractivity contribution in [1.82, 2.24) is 18.8 Å². The lowest BCUT2D eigenvalue weighted by molar-refractivity contribution is 0.140. The number of rotatable bonds is 3. The standard InChI is InChI=1S/C16H19N5O2S/c1-19-8-9-21(12-15(19)16-18-6-7-20(16)2)24(22,23)14-5-3-4-13(10-14)11-17/h3-7,10,15H,8-9,12H2,1-2H3/t15-/m1/s1. The van der Waals surface area contributed by atoms with Gasteiger partial charge in [0, 0.05) is 39.1 Å². The van der Waals surface area contributed by atoms with Gasteiger partial charge in [-0.2, -0.15) is 9.57 Å². The predicted octanol–water partition coefficient (Wildman–Crippen LogP) is 0.969. The average Bonchev–Trinajstić information content (AvgIpc) is 3.01. The Morgan fingerprint density at radius 1 is 1.29 bits per heavy atom. The molecule has 24 heavy (non-hydrogen) atoms. The number of sulfonamides is 1. The fraction of sp³-hybridized carbons (Fsp3) is 0.375. The Balaban J connectivity index is 1.91. The topological polar surface area (TPSA) is 82.2 Å². The Morgan fingerprint density at radius 3 is 2.75 bits per heavy atom. The minimum absolute atomic E-state index is 0.104. The van der Waals surface area contributed by atoms with Crippen LogP contribution in [-0.2, 0) is 17.1 Å². The second-order valence-corrected chi connectivity index (χ2v) is 7.83. The fourth-order valence-electron chi connectivity index (χ4n) is 2.92. The molecule has 2 heterocycles. The molecule has 0 radical (unpaired) electrons. The number of piperazine rings is 1. The quantitative estimate of drug-likeness (QED) is 0.828. The Hall–Kier alpha value is -2.21. The third kappa shape index (κ3) is 2.94. The van der Waals surface area contributed by atoms with Crippen LogP contribution in [0, 0.1) is 11.3 Å². The van der Waals surface area contributed by atoms with Crippen molar-refractivity contribution in [1.29, 1.82) is 5.26 Å². The van der Waals surface area contributed by atoms with Gasteiger partial charge in [-0.3, -0.25) is 4.90 Å². The molecule has 8 heteroatoms. The van der Waals surface area contributed by atoms with Crippen molar-refractivity contribution >= 4 is 10.0 Å². The van der Waals surface area contributed by atoms with E-state index in [9.17, 15) is 8.42 Å². The van der Waals surface area contributed by atoms with Crippen LogP contribution in [0.25, 0.3) is 0 Å². The molecule has 1 aliphatic heterocycles. The fourth-order valence-corrected chi connectivity index (χ4v) is 4.40. The van der Waals surface area contributed by atoms with Crippen LogP contribution < -0.4 is 0 Å². The number of nitriles is 1. The summed E-state index contributed by atoms with van der Waals surface area (Å²) in [4.78, 5) is 6.63. The molecule has 0 aliphatic carbocycles. The first kappa shape index (κ1) is 16.6. The molecule has 1 atom stereocenters. The van der Waals surface area contributed by atoms with E-state index in [1.807, 2.05) is 30.9 Å². The highest BCUT2D eigenvalue weighted by Crippen LogP contribution is 2.27. The number of hydrogen-bond donors (Lipinski definition) is 0. The summed E-state index contributed by atoms with van der Waals surface area (Å²) in [6.45, 7) is 1.37. The van der Waals surface area contributed by atoms with Crippen molar-refractivity contribution in [3.63, 3.8) is 0 Å². The van der Waals surface area contributed by atoms with E-state index in [4.69, 9.17) is 5.26 Å². The Bertz CT molecular complexity index is 884. The van der Waals surface area contributed by atoms with Crippen LogP contribution in [0.4, 0.5) is 0 Å². The van der Waals surface area contributed by atoms with Gasteiger partial charge in [-0.05, 0) is 25.2 Å². The van der Waals surface area contributed by atoms with E-state index in [0.29, 0.717) is 25.2 Å². The van der Waals surface area contributed by atoms with Crippen molar-refractivity contribution in [3.05, 3.63) is 48.0 Å². The summed E-state index contributed by atoms with van der Waals surface area (Å²) in [5, 5.41) is 8.99. The molecule has 0 saturated carbocycles. The third-order valence-electron chi connectivity index (χ3n) is 4.37. The molecule has 1 fully saturated rings. The van der Waals surface area contributed by atoms with E-state index in [-0.39, 0.29) is 10.9 Å². The van der Waals surface area contributed by atoms with Crippen LogP contribution in [0.2, 0.25) is 0 Å². The molecule has 1 aromatic carbocycles. The van der Waals surface area contributed by atoms with Crippen molar-refractivity contribution in [2.24, 2.45) is 7.05 Å². The lowest BCUT2D eigenvalue weighted by Gasteiger charge is -2.38. The largest absolute Gasteiger partial charge is 0.337 e. The lowest BCUT2D eigenvalue weighted by Crippen LogP contribution is -2.49. The van der Waals surface area contributed by atoms with Gasteiger partial charge in [0.1, 0.15) is 5.82 Å². The minimum Gasteiger partial charge on any atom is -0.337 e. The highest BCUT2D eigenvalue weighted by molar-refractivity contribution is 7.89. The van der Waals surface area contributed by atoms with Crippen LogP contribution in [0.5, 0.6) is 0 Å². The number of benzene rings is 1.